The number of rotatable bonds is 7. The topological polar surface area (TPSA) is 119 Å². The lowest BCUT2D eigenvalue weighted by Gasteiger charge is -2.11. The molecule has 0 saturated carbocycles. The van der Waals surface area contributed by atoms with Crippen LogP contribution in [0.15, 0.2) is 0 Å². The van der Waals surface area contributed by atoms with Gasteiger partial charge in [0.2, 0.25) is 5.95 Å². The quantitative estimate of drug-likeness (QED) is 0.554. The molecule has 0 spiro atoms. The van der Waals surface area contributed by atoms with Crippen LogP contribution in [0.3, 0.4) is 0 Å². The third-order valence-corrected chi connectivity index (χ3v) is 2.52. The second-order valence-electron chi connectivity index (χ2n) is 4.27. The number of aromatic amines is 1. The monoisotopic (exact) mass is 255 g/mol. The number of imidazole rings is 1. The van der Waals surface area contributed by atoms with Gasteiger partial charge in [-0.25, -0.2) is 4.79 Å². The fourth-order valence-corrected chi connectivity index (χ4v) is 1.62. The summed E-state index contributed by atoms with van der Waals surface area (Å²) in [5.41, 5.74) is 10.5. The molecule has 102 valence electrons. The summed E-state index contributed by atoms with van der Waals surface area (Å²) in [7, 11) is 0. The van der Waals surface area contributed by atoms with Gasteiger partial charge < -0.3 is 26.5 Å². The summed E-state index contributed by atoms with van der Waals surface area (Å²) < 4.78 is 4.64. The van der Waals surface area contributed by atoms with Crippen LogP contribution in [0.2, 0.25) is 0 Å². The van der Waals surface area contributed by atoms with Crippen molar-refractivity contribution in [3.63, 3.8) is 0 Å². The Morgan fingerprint density at radius 3 is 2.89 bits per heavy atom. The van der Waals surface area contributed by atoms with Crippen LogP contribution in [0.1, 0.15) is 39.5 Å². The number of aromatic nitrogens is 2. The van der Waals surface area contributed by atoms with Crippen LogP contribution >= 0.6 is 0 Å². The zero-order valence-electron chi connectivity index (χ0n) is 10.8. The van der Waals surface area contributed by atoms with E-state index < -0.39 is 6.09 Å². The molecule has 18 heavy (non-hydrogen) atoms. The number of nitrogens with zero attached hydrogens (tertiary/aromatic N) is 1. The Hall–Kier alpha value is -1.92. The molecule has 7 heteroatoms. The van der Waals surface area contributed by atoms with E-state index in [2.05, 4.69) is 33.9 Å². The Labute approximate surface area is 106 Å². The molecule has 1 unspecified atom stereocenters. The van der Waals surface area contributed by atoms with Crippen LogP contribution < -0.4 is 21.5 Å². The summed E-state index contributed by atoms with van der Waals surface area (Å²) in [5.74, 6) is 0.663. The van der Waals surface area contributed by atoms with Crippen molar-refractivity contribution in [1.29, 1.82) is 0 Å². The standard InChI is InChI=1S/C11H21N5O2/c1-3-4-5-6-7(2)14-11-15-8(12)9(16-11)18-10(13)17/h7H,3-6,12H2,1-2H3,(H2,13,17)(H2,14,15,16). The van der Waals surface area contributed by atoms with Gasteiger partial charge in [-0.05, 0) is 13.3 Å². The number of nitrogens with two attached hydrogens (primary N) is 2. The maximum atomic E-state index is 10.6. The number of hydrogen-bond acceptors (Lipinski definition) is 5. The molecule has 1 heterocycles. The molecule has 0 aliphatic rings. The van der Waals surface area contributed by atoms with Crippen LogP contribution in [-0.4, -0.2) is 22.1 Å². The van der Waals surface area contributed by atoms with E-state index >= 15 is 0 Å². The minimum Gasteiger partial charge on any atom is -0.387 e. The number of nitrogens with one attached hydrogen (secondary N) is 2. The van der Waals surface area contributed by atoms with Crippen molar-refractivity contribution in [2.75, 3.05) is 11.1 Å². The third-order valence-electron chi connectivity index (χ3n) is 2.52. The Morgan fingerprint density at radius 2 is 2.28 bits per heavy atom. The molecule has 1 aromatic rings. The molecule has 0 saturated heterocycles. The molecule has 0 aliphatic heterocycles. The molecule has 1 aromatic heterocycles. The second-order valence-corrected chi connectivity index (χ2v) is 4.27. The highest BCUT2D eigenvalue weighted by Gasteiger charge is 2.12. The Morgan fingerprint density at radius 1 is 1.56 bits per heavy atom. The molecule has 1 amide bonds. The number of hydrogen-bond donors (Lipinski definition) is 4. The number of primary amides is 1. The fraction of sp³-hybridized carbons (Fsp3) is 0.636. The highest BCUT2D eigenvalue weighted by Crippen LogP contribution is 2.21. The molecular formula is C11H21N5O2. The normalized spacial score (nSPS) is 12.1. The minimum absolute atomic E-state index is 0.00533. The van der Waals surface area contributed by atoms with Crippen molar-refractivity contribution in [3.05, 3.63) is 0 Å². The van der Waals surface area contributed by atoms with Crippen LogP contribution in [0.5, 0.6) is 5.88 Å². The van der Waals surface area contributed by atoms with Gasteiger partial charge in [0.1, 0.15) is 0 Å². The largest absolute Gasteiger partial charge is 0.411 e. The summed E-state index contributed by atoms with van der Waals surface area (Å²) in [6.07, 6.45) is 3.67. The van der Waals surface area contributed by atoms with Gasteiger partial charge in [0.15, 0.2) is 5.82 Å². The van der Waals surface area contributed by atoms with Crippen LogP contribution in [0.4, 0.5) is 16.6 Å². The summed E-state index contributed by atoms with van der Waals surface area (Å²) in [6, 6.07) is 0.267. The van der Waals surface area contributed by atoms with Crippen LogP contribution in [0.25, 0.3) is 0 Å². The van der Waals surface area contributed by atoms with E-state index in [-0.39, 0.29) is 17.7 Å². The van der Waals surface area contributed by atoms with Crippen LogP contribution in [0, 0.1) is 0 Å². The number of anilines is 2. The number of ether oxygens (including phenoxy) is 1. The predicted octanol–water partition coefficient (Wildman–Crippen LogP) is 1.83. The number of H-pyrrole nitrogens is 1. The SMILES string of the molecule is CCCCCC(C)Nc1nc(OC(N)=O)c(N)[nH]1. The maximum absolute atomic E-state index is 10.6. The van der Waals surface area contributed by atoms with Gasteiger partial charge in [-0.15, -0.1) is 0 Å². The third kappa shape index (κ3) is 4.52. The van der Waals surface area contributed by atoms with Crippen molar-refractivity contribution in [2.45, 2.75) is 45.6 Å². The van der Waals surface area contributed by atoms with Gasteiger partial charge in [0.05, 0.1) is 0 Å². The lowest BCUT2D eigenvalue weighted by atomic mass is 10.1. The molecule has 6 N–H and O–H groups in total. The molecule has 0 bridgehead atoms. The van der Waals surface area contributed by atoms with E-state index in [9.17, 15) is 4.79 Å². The molecule has 7 nitrogen and oxygen atoms in total. The van der Waals surface area contributed by atoms with Crippen molar-refractivity contribution < 1.29 is 9.53 Å². The van der Waals surface area contributed by atoms with E-state index in [4.69, 9.17) is 11.5 Å². The van der Waals surface area contributed by atoms with E-state index in [1.165, 1.54) is 12.8 Å². The first-order valence-electron chi connectivity index (χ1n) is 6.12. The number of nitrogen functional groups attached to an aromatic ring is 1. The molecule has 0 radical (unpaired) electrons. The maximum Gasteiger partial charge on any atom is 0.411 e. The van der Waals surface area contributed by atoms with Gasteiger partial charge in [-0.2, -0.15) is 4.98 Å². The average Bonchev–Trinajstić information content (AvgIpc) is 2.58. The van der Waals surface area contributed by atoms with Gasteiger partial charge in [-0.1, -0.05) is 26.2 Å². The molecular weight excluding hydrogens is 234 g/mol. The fourth-order valence-electron chi connectivity index (χ4n) is 1.62. The predicted molar refractivity (Wildman–Crippen MR) is 70.4 cm³/mol. The summed E-state index contributed by atoms with van der Waals surface area (Å²) in [6.45, 7) is 4.22. The number of unbranched alkanes of at least 4 members (excludes halogenated alkanes) is 2. The first kappa shape index (κ1) is 14.1. The molecule has 1 atom stereocenters. The van der Waals surface area contributed by atoms with E-state index in [1.54, 1.807) is 0 Å². The highest BCUT2D eigenvalue weighted by molar-refractivity contribution is 5.69. The molecule has 1 rings (SSSR count). The van der Waals surface area contributed by atoms with Gasteiger partial charge in [-0.3, -0.25) is 0 Å². The Kier molecular flexibility index (Phi) is 5.29. The second kappa shape index (κ2) is 6.73. The molecule has 0 aliphatic carbocycles. The minimum atomic E-state index is -0.934. The van der Waals surface area contributed by atoms with Crippen LogP contribution in [-0.2, 0) is 0 Å². The Balaban J connectivity index is 2.49. The summed E-state index contributed by atoms with van der Waals surface area (Å²) in [4.78, 5) is 17.4. The van der Waals surface area contributed by atoms with Crippen molar-refractivity contribution in [1.82, 2.24) is 9.97 Å². The molecule has 0 aromatic carbocycles. The highest BCUT2D eigenvalue weighted by atomic mass is 16.6. The summed E-state index contributed by atoms with van der Waals surface area (Å²) >= 11 is 0. The summed E-state index contributed by atoms with van der Waals surface area (Å²) in [5, 5.41) is 3.16. The van der Waals surface area contributed by atoms with Gasteiger partial charge in [0, 0.05) is 6.04 Å². The first-order valence-corrected chi connectivity index (χ1v) is 6.12. The van der Waals surface area contributed by atoms with Gasteiger partial charge in [0.25, 0.3) is 5.88 Å². The zero-order valence-corrected chi connectivity index (χ0v) is 10.8. The lowest BCUT2D eigenvalue weighted by Crippen LogP contribution is -2.17. The van der Waals surface area contributed by atoms with E-state index in [0.717, 1.165) is 12.8 Å². The Bertz CT molecular complexity index is 391. The number of carbonyl (C=O) groups excluding carboxylic acids is 1. The number of carbonyl (C=O) groups is 1. The van der Waals surface area contributed by atoms with Crippen molar-refractivity contribution in [2.24, 2.45) is 5.73 Å². The zero-order chi connectivity index (χ0) is 13.5. The average molecular weight is 255 g/mol. The first-order chi connectivity index (χ1) is 8.52. The lowest BCUT2D eigenvalue weighted by molar-refractivity contribution is 0.209. The molecule has 0 fully saturated rings. The van der Waals surface area contributed by atoms with E-state index in [0.29, 0.717) is 5.95 Å². The van der Waals surface area contributed by atoms with Crippen molar-refractivity contribution in [3.8, 4) is 5.88 Å². The van der Waals surface area contributed by atoms with Crippen molar-refractivity contribution >= 4 is 17.9 Å². The van der Waals surface area contributed by atoms with E-state index in [1.807, 2.05) is 0 Å². The smallest absolute Gasteiger partial charge is 0.387 e. The number of amides is 1. The van der Waals surface area contributed by atoms with Gasteiger partial charge >= 0.3 is 6.09 Å².